The van der Waals surface area contributed by atoms with Crippen LogP contribution in [0.15, 0.2) is 57.9 Å². The van der Waals surface area contributed by atoms with Crippen molar-refractivity contribution in [1.82, 2.24) is 14.9 Å². The first-order valence-corrected chi connectivity index (χ1v) is 11.1. The van der Waals surface area contributed by atoms with Crippen LogP contribution in [0.1, 0.15) is 37.1 Å². The van der Waals surface area contributed by atoms with E-state index in [1.807, 2.05) is 13.0 Å². The fraction of sp³-hybridized carbons (Fsp3) is 0.286. The Balaban J connectivity index is 1.43. The second-order valence-electron chi connectivity index (χ2n) is 7.46. The number of aryl methyl sites for hydroxylation is 1. The van der Waals surface area contributed by atoms with Crippen LogP contribution in [0.3, 0.4) is 0 Å². The van der Waals surface area contributed by atoms with E-state index in [2.05, 4.69) is 20.2 Å². The first kappa shape index (κ1) is 20.2. The number of carbonyl (C=O) groups is 1. The molecule has 4 rings (SSSR count). The zero-order chi connectivity index (χ0) is 21.3. The molecule has 8 nitrogen and oxygen atoms in total. The smallest absolute Gasteiger partial charge is 0.242 e. The highest BCUT2D eigenvalue weighted by atomic mass is 32.2. The summed E-state index contributed by atoms with van der Waals surface area (Å²) in [4.78, 5) is 17.1. The van der Waals surface area contributed by atoms with E-state index in [0.29, 0.717) is 28.9 Å². The van der Waals surface area contributed by atoms with Crippen molar-refractivity contribution < 1.29 is 17.7 Å². The Morgan fingerprint density at radius 2 is 1.90 bits per heavy atom. The lowest BCUT2D eigenvalue weighted by Gasteiger charge is -2.15. The largest absolute Gasteiger partial charge is 0.339 e. The number of nitrogens with one attached hydrogen (secondary N) is 2. The summed E-state index contributed by atoms with van der Waals surface area (Å²) in [6.45, 7) is 3.36. The van der Waals surface area contributed by atoms with Gasteiger partial charge in [0.15, 0.2) is 0 Å². The zero-order valence-electron chi connectivity index (χ0n) is 16.6. The van der Waals surface area contributed by atoms with Crippen LogP contribution in [-0.4, -0.2) is 30.5 Å². The molecule has 1 aliphatic carbocycles. The highest BCUT2D eigenvalue weighted by molar-refractivity contribution is 7.89. The monoisotopic (exact) mass is 426 g/mol. The van der Waals surface area contributed by atoms with Gasteiger partial charge in [0.25, 0.3) is 0 Å². The number of carbonyl (C=O) groups excluding carboxylic acids is 1. The van der Waals surface area contributed by atoms with E-state index < -0.39 is 22.0 Å². The number of hydrogen-bond acceptors (Lipinski definition) is 6. The first-order chi connectivity index (χ1) is 14.3. The second-order valence-corrected chi connectivity index (χ2v) is 9.17. The van der Waals surface area contributed by atoms with Crippen molar-refractivity contribution in [1.29, 1.82) is 0 Å². The summed E-state index contributed by atoms with van der Waals surface area (Å²) in [5.74, 6) is 0.978. The summed E-state index contributed by atoms with van der Waals surface area (Å²) in [5, 5.41) is 6.73. The molecule has 1 aromatic heterocycles. The van der Waals surface area contributed by atoms with E-state index in [1.54, 1.807) is 30.3 Å². The van der Waals surface area contributed by atoms with Crippen molar-refractivity contribution >= 4 is 21.6 Å². The maximum absolute atomic E-state index is 12.5. The molecule has 0 unspecified atom stereocenters. The minimum Gasteiger partial charge on any atom is -0.339 e. The Hall–Kier alpha value is -3.04. The second kappa shape index (κ2) is 8.00. The van der Waals surface area contributed by atoms with Crippen LogP contribution in [0.25, 0.3) is 11.4 Å². The van der Waals surface area contributed by atoms with Gasteiger partial charge in [-0.2, -0.15) is 9.71 Å². The Bertz CT molecular complexity index is 1170. The molecule has 2 N–H and O–H groups in total. The van der Waals surface area contributed by atoms with E-state index in [-0.39, 0.29) is 4.90 Å². The van der Waals surface area contributed by atoms with Gasteiger partial charge in [-0.15, -0.1) is 0 Å². The maximum atomic E-state index is 12.5. The van der Waals surface area contributed by atoms with Crippen molar-refractivity contribution in [2.45, 2.75) is 43.5 Å². The highest BCUT2D eigenvalue weighted by Crippen LogP contribution is 2.39. The number of sulfonamides is 1. The molecule has 0 saturated heterocycles. The van der Waals surface area contributed by atoms with Crippen LogP contribution in [-0.2, 0) is 14.8 Å². The van der Waals surface area contributed by atoms with Crippen LogP contribution in [0, 0.1) is 6.92 Å². The van der Waals surface area contributed by atoms with Crippen molar-refractivity contribution in [3.05, 3.63) is 60.0 Å². The summed E-state index contributed by atoms with van der Waals surface area (Å²) in [6.07, 6.45) is 2.13. The Morgan fingerprint density at radius 3 is 2.60 bits per heavy atom. The molecule has 30 heavy (non-hydrogen) atoms. The molecule has 0 bridgehead atoms. The quantitative estimate of drug-likeness (QED) is 0.600. The van der Waals surface area contributed by atoms with Crippen LogP contribution >= 0.6 is 0 Å². The molecule has 156 valence electrons. The van der Waals surface area contributed by atoms with Gasteiger partial charge in [0.2, 0.25) is 27.6 Å². The third-order valence-electron chi connectivity index (χ3n) is 4.81. The number of rotatable bonds is 7. The third-order valence-corrected chi connectivity index (χ3v) is 6.37. The number of amides is 1. The summed E-state index contributed by atoms with van der Waals surface area (Å²) in [5.41, 5.74) is 2.17. The predicted octanol–water partition coefficient (Wildman–Crippen LogP) is 3.23. The number of hydrogen-bond donors (Lipinski definition) is 2. The molecule has 3 aromatic rings. The lowest BCUT2D eigenvalue weighted by Crippen LogP contribution is -2.41. The van der Waals surface area contributed by atoms with Crippen LogP contribution in [0.5, 0.6) is 0 Å². The van der Waals surface area contributed by atoms with Crippen LogP contribution in [0.4, 0.5) is 5.69 Å². The fourth-order valence-corrected chi connectivity index (χ4v) is 4.11. The number of aromatic nitrogens is 2. The molecular formula is C21H22N4O4S. The highest BCUT2D eigenvalue weighted by Gasteiger charge is 2.30. The summed E-state index contributed by atoms with van der Waals surface area (Å²) < 4.78 is 32.7. The number of anilines is 1. The molecule has 2 aromatic carbocycles. The number of benzene rings is 2. The molecule has 0 aliphatic heterocycles. The molecule has 0 radical (unpaired) electrons. The SMILES string of the molecule is Cc1ccc(S(=O)(=O)N[C@@H](C)C(=O)Nc2cccc(-c3noc(C4CC4)n3)c2)cc1. The average Bonchev–Trinajstić information content (AvgIpc) is 3.45. The Labute approximate surface area is 174 Å². The third kappa shape index (κ3) is 4.58. The van der Waals surface area contributed by atoms with Crippen molar-refractivity contribution in [3.63, 3.8) is 0 Å². The Kier molecular flexibility index (Phi) is 5.40. The summed E-state index contributed by atoms with van der Waals surface area (Å²) in [6, 6.07) is 12.5. The lowest BCUT2D eigenvalue weighted by atomic mass is 10.2. The molecule has 0 spiro atoms. The van der Waals surface area contributed by atoms with Gasteiger partial charge in [-0.1, -0.05) is 35.0 Å². The molecule has 1 amide bonds. The molecule has 1 atom stereocenters. The fourth-order valence-electron chi connectivity index (χ4n) is 2.91. The Morgan fingerprint density at radius 1 is 1.17 bits per heavy atom. The molecular weight excluding hydrogens is 404 g/mol. The van der Waals surface area contributed by atoms with E-state index in [9.17, 15) is 13.2 Å². The summed E-state index contributed by atoms with van der Waals surface area (Å²) >= 11 is 0. The standard InChI is InChI=1S/C21H22N4O4S/c1-13-6-10-18(11-7-13)30(27,28)25-14(2)20(26)22-17-5-3-4-16(12-17)19-23-21(29-24-19)15-8-9-15/h3-7,10-12,14-15,25H,8-9H2,1-2H3,(H,22,26)/t14-/m0/s1. The van der Waals surface area contributed by atoms with Gasteiger partial charge in [0.1, 0.15) is 0 Å². The van der Waals surface area contributed by atoms with Crippen LogP contribution in [0.2, 0.25) is 0 Å². The minimum atomic E-state index is -3.81. The minimum absolute atomic E-state index is 0.110. The maximum Gasteiger partial charge on any atom is 0.242 e. The van der Waals surface area contributed by atoms with E-state index in [4.69, 9.17) is 4.52 Å². The number of nitrogens with zero attached hydrogens (tertiary/aromatic N) is 2. The van der Waals surface area contributed by atoms with Gasteiger partial charge >= 0.3 is 0 Å². The van der Waals surface area contributed by atoms with Gasteiger partial charge in [0.05, 0.1) is 10.9 Å². The van der Waals surface area contributed by atoms with Gasteiger partial charge in [0, 0.05) is 17.2 Å². The average molecular weight is 426 g/mol. The van der Waals surface area contributed by atoms with Gasteiger partial charge in [-0.25, -0.2) is 8.42 Å². The molecule has 1 fully saturated rings. The lowest BCUT2D eigenvalue weighted by molar-refractivity contribution is -0.117. The van der Waals surface area contributed by atoms with E-state index >= 15 is 0 Å². The normalized spacial score (nSPS) is 15.0. The predicted molar refractivity (Wildman–Crippen MR) is 111 cm³/mol. The van der Waals surface area contributed by atoms with Crippen molar-refractivity contribution in [3.8, 4) is 11.4 Å². The molecule has 1 aliphatic rings. The van der Waals surface area contributed by atoms with Gasteiger partial charge < -0.3 is 9.84 Å². The molecule has 1 saturated carbocycles. The van der Waals surface area contributed by atoms with E-state index in [0.717, 1.165) is 18.4 Å². The molecule has 1 heterocycles. The van der Waals surface area contributed by atoms with Gasteiger partial charge in [-0.3, -0.25) is 4.79 Å². The topological polar surface area (TPSA) is 114 Å². The van der Waals surface area contributed by atoms with Crippen molar-refractivity contribution in [2.75, 3.05) is 5.32 Å². The first-order valence-electron chi connectivity index (χ1n) is 9.66. The summed E-state index contributed by atoms with van der Waals surface area (Å²) in [7, 11) is -3.81. The zero-order valence-corrected chi connectivity index (χ0v) is 17.4. The molecule has 9 heteroatoms. The van der Waals surface area contributed by atoms with Crippen molar-refractivity contribution in [2.24, 2.45) is 0 Å². The van der Waals surface area contributed by atoms with Crippen LogP contribution < -0.4 is 10.0 Å². The van der Waals surface area contributed by atoms with E-state index in [1.165, 1.54) is 19.1 Å². The van der Waals surface area contributed by atoms with Gasteiger partial charge in [-0.05, 0) is 51.0 Å².